The zero-order chi connectivity index (χ0) is 83.8. The van der Waals surface area contributed by atoms with E-state index in [9.17, 15) is 122 Å². The lowest BCUT2D eigenvalue weighted by Crippen LogP contribution is -2.99. The Morgan fingerprint density at radius 3 is 1.58 bits per heavy atom. The summed E-state index contributed by atoms with van der Waals surface area (Å²) in [4.78, 5) is 31.0. The van der Waals surface area contributed by atoms with Crippen LogP contribution in [0.2, 0.25) is 0 Å². The van der Waals surface area contributed by atoms with Gasteiger partial charge < -0.3 is 128 Å². The van der Waals surface area contributed by atoms with Gasteiger partial charge in [-0.25, -0.2) is 15.3 Å². The molecule has 27 N–H and O–H groups in total. The molecule has 7 heterocycles. The summed E-state index contributed by atoms with van der Waals surface area (Å²) in [7, 11) is 2.11. The maximum atomic E-state index is 11.6. The average molecular weight is 1600 g/mol. The molecule has 1 atom stereocenters. The number of ether oxygens (including phenoxy) is 1. The number of benzene rings is 13. The summed E-state index contributed by atoms with van der Waals surface area (Å²) in [5.74, 6) is -5.24. The molecule has 2 bridgehead atoms. The van der Waals surface area contributed by atoms with Crippen LogP contribution in [0, 0.1) is 0 Å². The van der Waals surface area contributed by atoms with Crippen LogP contribution >= 0.6 is 0 Å². The van der Waals surface area contributed by atoms with E-state index >= 15 is 0 Å². The second-order valence-electron chi connectivity index (χ2n) is 28.2. The third kappa shape index (κ3) is 12.9. The number of nitrogen functional groups attached to an aromatic ring is 1. The highest BCUT2D eigenvalue weighted by molar-refractivity contribution is 6.19. The molecule has 33 nitrogen and oxygen atoms in total. The number of hydrogen-bond acceptors (Lipinski definition) is 31. The molecule has 0 amide bonds. The first-order valence-corrected chi connectivity index (χ1v) is 35.5. The summed E-state index contributed by atoms with van der Waals surface area (Å²) >= 11 is 0. The monoisotopic (exact) mass is 1600 g/mol. The number of H-pyrrole nitrogens is 1. The van der Waals surface area contributed by atoms with E-state index in [0.717, 1.165) is 71.1 Å². The summed E-state index contributed by atoms with van der Waals surface area (Å²) in [6.07, 6.45) is 4.56. The molecule has 1 aliphatic carbocycles. The third-order valence-corrected chi connectivity index (χ3v) is 21.0. The molecule has 13 aromatic carbocycles. The largest absolute Gasteiger partial charge is 0.508 e. The van der Waals surface area contributed by atoms with E-state index in [0.29, 0.717) is 98.9 Å². The van der Waals surface area contributed by atoms with Crippen molar-refractivity contribution < 1.29 is 132 Å². The maximum absolute atomic E-state index is 11.6. The summed E-state index contributed by atoms with van der Waals surface area (Å²) < 4.78 is 5.40. The standard InChI is InChI=1S/C17H17NO3.C16H10N2O4.C14H11NO4.C13H9NO5.C13H9NO4.C12H9NO6/c1-18-5-4-10-6-11(19)8-12-15(10)13(18)7-9-2-3-14(20)17(21)16(9)12;19-12-1-8-10(3-14(12)21)17-5-7-6-18-11-4-15(22)13(20)2-9(11)16(7)8;15-12-6-1-3-10(16)13(18)8(6)5-9-7(12)2-4-11(17)14(9)19;15-9-1-5-7(3-11(9)17)14-8-4-12(18)10(16)2-6(8)13(5)19-14;15-10-2-1-8-7(13(10)18)3-6-4-11(16)12(17)5-9(6)14-8;14-7-1-5-11(3-9(7)16)19-12-4-10(17)8(15)2-6(12)13(5)18/h2-3,6,8,13,19-21H,4-5,7H2,1H3;1-6,17,19-21H;1-5,16-19H,15H2;1-4,13,15-18H;1-5,15-18H;1-4,14-18H/p+1. The van der Waals surface area contributed by atoms with E-state index in [-0.39, 0.29) is 137 Å². The number of aromatic hydroxyl groups is 22. The van der Waals surface area contributed by atoms with Gasteiger partial charge in [-0.05, 0) is 139 Å². The molecule has 21 rings (SSSR count). The Balaban J connectivity index is 0.000000106. The highest BCUT2D eigenvalue weighted by Gasteiger charge is 2.44. The molecule has 5 aliphatic rings. The van der Waals surface area contributed by atoms with Crippen LogP contribution in [0.4, 0.5) is 28.4 Å². The normalized spacial score (nSPS) is 13.9. The molecule has 3 aromatic heterocycles. The summed E-state index contributed by atoms with van der Waals surface area (Å²) in [6, 6.07) is 37.5. The van der Waals surface area contributed by atoms with Crippen molar-refractivity contribution in [2.75, 3.05) is 24.4 Å². The number of phenols is 22. The molecule has 0 radical (unpaired) electrons. The lowest BCUT2D eigenvalue weighted by atomic mass is 9.77. The highest BCUT2D eigenvalue weighted by atomic mass is 16.7. The number of anilines is 3. The molecule has 4 aliphatic heterocycles. The van der Waals surface area contributed by atoms with E-state index < -0.39 is 34.5 Å². The minimum Gasteiger partial charge on any atom is -0.508 e. The van der Waals surface area contributed by atoms with Gasteiger partial charge in [0.05, 0.1) is 40.1 Å². The molecule has 1 unspecified atom stereocenters. The van der Waals surface area contributed by atoms with Gasteiger partial charge in [0.15, 0.2) is 132 Å². The van der Waals surface area contributed by atoms with Crippen LogP contribution in [0.15, 0.2) is 175 Å². The molecule has 0 spiro atoms. The van der Waals surface area contributed by atoms with Gasteiger partial charge >= 0.3 is 0 Å². The fourth-order valence-corrected chi connectivity index (χ4v) is 15.1. The first-order valence-electron chi connectivity index (χ1n) is 35.5. The molecular weight excluding hydrogens is 1530 g/mol. The van der Waals surface area contributed by atoms with E-state index in [4.69, 9.17) is 15.3 Å². The van der Waals surface area contributed by atoms with Crippen molar-refractivity contribution in [1.29, 1.82) is 0 Å². The number of fused-ring (bicyclic) bond motifs is 21. The Hall–Kier alpha value is -16.2. The summed E-state index contributed by atoms with van der Waals surface area (Å²) in [5, 5.41) is 228. The van der Waals surface area contributed by atoms with Crippen molar-refractivity contribution in [3.8, 4) is 149 Å². The van der Waals surface area contributed by atoms with E-state index in [1.807, 2.05) is 12.1 Å². The molecule has 0 fully saturated rings. The predicted octanol–water partition coefficient (Wildman–Crippen LogP) is 12.4. The zero-order valence-corrected chi connectivity index (χ0v) is 60.8. The van der Waals surface area contributed by atoms with Crippen molar-refractivity contribution in [2.24, 2.45) is 0 Å². The Morgan fingerprint density at radius 1 is 0.449 bits per heavy atom. The van der Waals surface area contributed by atoms with E-state index in [1.165, 1.54) is 102 Å². The Labute approximate surface area is 660 Å². The highest BCUT2D eigenvalue weighted by Crippen LogP contribution is 2.59. The number of aromatic amines is 1. The van der Waals surface area contributed by atoms with E-state index in [1.54, 1.807) is 42.7 Å². The molecule has 118 heavy (non-hydrogen) atoms. The second kappa shape index (κ2) is 28.4. The topological polar surface area (TPSA) is 579 Å². The third-order valence-electron chi connectivity index (χ3n) is 21.0. The van der Waals surface area contributed by atoms with Crippen LogP contribution < -0.4 is 26.0 Å². The van der Waals surface area contributed by atoms with Crippen LogP contribution in [-0.2, 0) is 17.7 Å². The van der Waals surface area contributed by atoms with Gasteiger partial charge in [0.25, 0.3) is 0 Å². The molecule has 0 saturated carbocycles. The van der Waals surface area contributed by atoms with Gasteiger partial charge in [-0.2, -0.15) is 0 Å². The quantitative estimate of drug-likeness (QED) is 0.0220. The molecule has 596 valence electrons. The number of rotatable bonds is 0. The van der Waals surface area contributed by atoms with E-state index in [2.05, 4.69) is 26.9 Å². The molecule has 33 heteroatoms. The van der Waals surface area contributed by atoms with Gasteiger partial charge in [0.1, 0.15) is 11.9 Å². The number of aromatic nitrogens is 3. The predicted molar refractivity (Wildman–Crippen MR) is 427 cm³/mol. The zero-order valence-electron chi connectivity index (χ0n) is 60.8. The number of nitrogens with two attached hydrogens (primary N) is 1. The Kier molecular flexibility index (Phi) is 18.3. The van der Waals surface area contributed by atoms with Gasteiger partial charge in [0.2, 0.25) is 16.8 Å². The Morgan fingerprint density at radius 2 is 0.966 bits per heavy atom. The Bertz CT molecular complexity index is 6780. The summed E-state index contributed by atoms with van der Waals surface area (Å²) in [6.45, 7) is 0.958. The fraction of sp³-hybridized carbons (Fsp3) is 0.0706. The summed E-state index contributed by atoms with van der Waals surface area (Å²) in [5.41, 5.74) is 15.7. The number of pyridine rings is 3. The van der Waals surface area contributed by atoms with Gasteiger partial charge in [0, 0.05) is 149 Å². The number of likely N-dealkylation sites (N-methyl/N-ethyl adjacent to an activating group) is 1. The van der Waals surface area contributed by atoms with Crippen LogP contribution in [-0.4, -0.2) is 151 Å². The molecular formula is C85H66N7O26+. The van der Waals surface area contributed by atoms with Gasteiger partial charge in [-0.1, -0.05) is 6.07 Å². The second-order valence-corrected chi connectivity index (χ2v) is 28.2. The van der Waals surface area contributed by atoms with Crippen molar-refractivity contribution in [2.45, 2.75) is 25.0 Å². The maximum Gasteiger partial charge on any atom is 0.222 e. The first-order chi connectivity index (χ1) is 56.2. The minimum atomic E-state index is -0.494. The number of nitrogens with zero attached hydrogens (tertiary/aromatic N) is 4. The van der Waals surface area contributed by atoms with Crippen LogP contribution in [0.3, 0.4) is 0 Å². The first kappa shape index (κ1) is 75.8. The van der Waals surface area contributed by atoms with Gasteiger partial charge in [-0.3, -0.25) is 19.5 Å². The van der Waals surface area contributed by atoms with Crippen LogP contribution in [0.5, 0.6) is 138 Å². The van der Waals surface area contributed by atoms with Crippen molar-refractivity contribution in [3.63, 3.8) is 0 Å². The minimum absolute atomic E-state index is 0.0908. The average Bonchev–Trinajstić information content (AvgIpc) is 1.62. The molecule has 16 aromatic rings. The van der Waals surface area contributed by atoms with Crippen molar-refractivity contribution in [3.05, 3.63) is 208 Å². The molecule has 0 saturated heterocycles. The number of quaternary nitrogens is 1. The lowest BCUT2D eigenvalue weighted by molar-refractivity contribution is -0.979. The van der Waals surface area contributed by atoms with Crippen LogP contribution in [0.1, 0.15) is 40.0 Å². The number of nitrogens with one attached hydrogen (secondary N) is 2. The number of hydrogen-bond donors (Lipinski definition) is 26. The van der Waals surface area contributed by atoms with Gasteiger partial charge in [-0.15, -0.1) is 5.06 Å². The van der Waals surface area contributed by atoms with Crippen LogP contribution in [0.25, 0.3) is 87.1 Å². The van der Waals surface area contributed by atoms with Crippen molar-refractivity contribution in [1.82, 2.24) is 19.9 Å². The SMILES string of the molecule is CN1CCc2cc(O)cc3c2C1Cc1ccc(O)c(O)c1-3.Nc1c2ccc(O)c(O)c2cc2c(O)c(O)ccc12.O=c1cc2ncc3c[nH]c4cc(O)c(O)cc4c3c2cc1O.Oc1cc2c(cc1O)N1OC2c2cc(O)c(O)cc21.Oc1cc2c(cc1O)[NH+](O)c1cc(O)c(O)cc1O2.Oc1cc2cc3c(O)c(O)ccc3nc2cc1O. The smallest absolute Gasteiger partial charge is 0.222 e. The fourth-order valence-electron chi connectivity index (χ4n) is 15.1. The van der Waals surface area contributed by atoms with Crippen molar-refractivity contribution >= 4 is 104 Å². The lowest BCUT2D eigenvalue weighted by Gasteiger charge is -2.40. The number of phenolic OH excluding ortho intramolecular Hbond substituents is 22.